The Morgan fingerprint density at radius 3 is 2.34 bits per heavy atom. The molecule has 0 unspecified atom stereocenters. The van der Waals surface area contributed by atoms with Gasteiger partial charge in [-0.1, -0.05) is 12.1 Å². The van der Waals surface area contributed by atoms with E-state index in [2.05, 4.69) is 4.98 Å². The van der Waals surface area contributed by atoms with E-state index in [-0.39, 0.29) is 11.5 Å². The van der Waals surface area contributed by atoms with Crippen LogP contribution >= 0.6 is 0 Å². The van der Waals surface area contributed by atoms with Gasteiger partial charge in [-0.2, -0.15) is 0 Å². The molecule has 8 nitrogen and oxygen atoms in total. The van der Waals surface area contributed by atoms with Crippen molar-refractivity contribution in [3.63, 3.8) is 0 Å². The number of fused-ring (bicyclic) bond motifs is 1. The van der Waals surface area contributed by atoms with Crippen LogP contribution in [0.1, 0.15) is 34.1 Å². The Morgan fingerprint density at radius 1 is 0.969 bits per heavy atom. The molecule has 166 valence electrons. The number of H-pyrrole nitrogens is 1. The second-order valence-corrected chi connectivity index (χ2v) is 7.65. The molecule has 0 atom stereocenters. The summed E-state index contributed by atoms with van der Waals surface area (Å²) in [5, 5.41) is 0. The third kappa shape index (κ3) is 3.93. The molecule has 2 amide bonds. The van der Waals surface area contributed by atoms with Crippen LogP contribution in [0.15, 0.2) is 52.1 Å². The first-order valence-electron chi connectivity index (χ1n) is 10.5. The van der Waals surface area contributed by atoms with Crippen molar-refractivity contribution in [1.82, 2.24) is 19.4 Å². The molecule has 2 heterocycles. The van der Waals surface area contributed by atoms with Gasteiger partial charge in [0.2, 0.25) is 0 Å². The number of benzene rings is 2. The van der Waals surface area contributed by atoms with Gasteiger partial charge in [0.25, 0.3) is 11.8 Å². The largest absolute Gasteiger partial charge is 0.337 e. The smallest absolute Gasteiger partial charge is 0.316 e. The normalized spacial score (nSPS) is 14.4. The van der Waals surface area contributed by atoms with Crippen LogP contribution in [-0.2, 0) is 6.54 Å². The zero-order valence-corrected chi connectivity index (χ0v) is 17.6. The number of aryl methyl sites for hydroxylation is 1. The van der Waals surface area contributed by atoms with Crippen molar-refractivity contribution in [2.45, 2.75) is 19.9 Å². The predicted octanol–water partition coefficient (Wildman–Crippen LogP) is 1.84. The number of aromatic amines is 1. The van der Waals surface area contributed by atoms with Gasteiger partial charge in [0.05, 0.1) is 16.6 Å². The summed E-state index contributed by atoms with van der Waals surface area (Å²) in [6.45, 7) is 3.57. The second kappa shape index (κ2) is 8.78. The van der Waals surface area contributed by atoms with Crippen molar-refractivity contribution in [1.29, 1.82) is 0 Å². The summed E-state index contributed by atoms with van der Waals surface area (Å²) >= 11 is 0. The van der Waals surface area contributed by atoms with Crippen molar-refractivity contribution in [3.8, 4) is 0 Å². The number of carbonyl (C=O) groups is 2. The maximum absolute atomic E-state index is 14.0. The summed E-state index contributed by atoms with van der Waals surface area (Å²) in [5.41, 5.74) is -0.0112. The van der Waals surface area contributed by atoms with E-state index in [1.54, 1.807) is 41.0 Å². The van der Waals surface area contributed by atoms with Gasteiger partial charge < -0.3 is 19.4 Å². The molecular weight excluding hydrogens is 415 g/mol. The lowest BCUT2D eigenvalue weighted by atomic mass is 10.1. The maximum Gasteiger partial charge on any atom is 0.316 e. The van der Waals surface area contributed by atoms with Gasteiger partial charge in [-0.3, -0.25) is 19.2 Å². The van der Waals surface area contributed by atoms with Gasteiger partial charge in [0.1, 0.15) is 5.82 Å². The average Bonchev–Trinajstić information content (AvgIpc) is 3.05. The van der Waals surface area contributed by atoms with Crippen molar-refractivity contribution in [2.75, 3.05) is 26.2 Å². The number of aromatic nitrogens is 2. The highest BCUT2D eigenvalue weighted by Gasteiger charge is 2.25. The van der Waals surface area contributed by atoms with Crippen LogP contribution in [0.2, 0.25) is 0 Å². The fourth-order valence-electron chi connectivity index (χ4n) is 4.04. The molecule has 0 saturated carbocycles. The number of amides is 2. The van der Waals surface area contributed by atoms with Crippen LogP contribution in [-0.4, -0.2) is 57.3 Å². The van der Waals surface area contributed by atoms with E-state index in [1.165, 1.54) is 22.8 Å². The van der Waals surface area contributed by atoms with E-state index in [1.807, 2.05) is 0 Å². The fourth-order valence-corrected chi connectivity index (χ4v) is 4.04. The molecule has 1 saturated heterocycles. The molecule has 0 spiro atoms. The van der Waals surface area contributed by atoms with E-state index in [0.29, 0.717) is 55.7 Å². The molecule has 32 heavy (non-hydrogen) atoms. The Morgan fingerprint density at radius 2 is 1.66 bits per heavy atom. The molecule has 0 aliphatic carbocycles. The molecule has 1 aliphatic heterocycles. The summed E-state index contributed by atoms with van der Waals surface area (Å²) in [6.07, 6.45) is 0.561. The molecular formula is C23H23FN4O4. The molecule has 0 radical (unpaired) electrons. The highest BCUT2D eigenvalue weighted by atomic mass is 19.1. The summed E-state index contributed by atoms with van der Waals surface area (Å²) in [6, 6.07) is 10.7. The third-order valence-corrected chi connectivity index (χ3v) is 5.71. The molecule has 3 aromatic rings. The number of hydrogen-bond donors (Lipinski definition) is 1. The van der Waals surface area contributed by atoms with Gasteiger partial charge in [-0.25, -0.2) is 4.39 Å². The molecule has 0 bridgehead atoms. The molecule has 9 heteroatoms. The van der Waals surface area contributed by atoms with Crippen molar-refractivity contribution >= 4 is 22.8 Å². The summed E-state index contributed by atoms with van der Waals surface area (Å²) in [5.74, 6) is -1.19. The first kappa shape index (κ1) is 21.5. The molecule has 4 rings (SSSR count). The van der Waals surface area contributed by atoms with Gasteiger partial charge in [-0.05, 0) is 43.7 Å². The van der Waals surface area contributed by atoms with Gasteiger partial charge in [0.15, 0.2) is 0 Å². The number of rotatable bonds is 3. The Balaban J connectivity index is 1.54. The van der Waals surface area contributed by atoms with Crippen LogP contribution < -0.4 is 11.1 Å². The van der Waals surface area contributed by atoms with E-state index < -0.39 is 22.8 Å². The van der Waals surface area contributed by atoms with Crippen LogP contribution in [0.25, 0.3) is 11.0 Å². The van der Waals surface area contributed by atoms with E-state index in [0.717, 1.165) is 0 Å². The summed E-state index contributed by atoms with van der Waals surface area (Å²) in [4.78, 5) is 55.5. The van der Waals surface area contributed by atoms with E-state index in [4.69, 9.17) is 0 Å². The number of nitrogens with zero attached hydrogens (tertiary/aromatic N) is 3. The van der Waals surface area contributed by atoms with Crippen molar-refractivity contribution in [3.05, 3.63) is 80.1 Å². The maximum atomic E-state index is 14.0. The number of nitrogens with one attached hydrogen (secondary N) is 1. The monoisotopic (exact) mass is 438 g/mol. The average molecular weight is 438 g/mol. The van der Waals surface area contributed by atoms with Crippen molar-refractivity contribution < 1.29 is 14.0 Å². The first-order valence-corrected chi connectivity index (χ1v) is 10.5. The predicted molar refractivity (Wildman–Crippen MR) is 117 cm³/mol. The number of halogens is 1. The second-order valence-electron chi connectivity index (χ2n) is 7.65. The Bertz CT molecular complexity index is 1310. The van der Waals surface area contributed by atoms with Crippen LogP contribution in [0.3, 0.4) is 0 Å². The highest BCUT2D eigenvalue weighted by Crippen LogP contribution is 2.17. The van der Waals surface area contributed by atoms with Crippen molar-refractivity contribution in [2.24, 2.45) is 0 Å². The Labute approximate surface area is 182 Å². The minimum absolute atomic E-state index is 0.0210. The number of hydrogen-bond acceptors (Lipinski definition) is 4. The summed E-state index contributed by atoms with van der Waals surface area (Å²) in [7, 11) is 0. The zero-order chi connectivity index (χ0) is 22.8. The Kier molecular flexibility index (Phi) is 5.89. The standard InChI is InChI=1S/C23H23FN4O4/c1-2-28-19-9-8-15(14-18(19)25-20(29)23(28)32)21(30)26-10-5-11-27(13-12-26)22(31)16-6-3-4-7-17(16)24/h3-4,6-9,14H,2,5,10-13H2,1H3,(H,25,29). The molecule has 1 aliphatic rings. The van der Waals surface area contributed by atoms with Gasteiger partial charge in [0, 0.05) is 38.3 Å². The quantitative estimate of drug-likeness (QED) is 0.632. The highest BCUT2D eigenvalue weighted by molar-refractivity contribution is 5.97. The topological polar surface area (TPSA) is 95.5 Å². The Hall–Kier alpha value is -3.75. The minimum Gasteiger partial charge on any atom is -0.337 e. The molecule has 1 aromatic heterocycles. The van der Waals surface area contributed by atoms with Crippen LogP contribution in [0.5, 0.6) is 0 Å². The number of carbonyl (C=O) groups excluding carboxylic acids is 2. The third-order valence-electron chi connectivity index (χ3n) is 5.71. The SMILES string of the molecule is CCn1c(=O)c(=O)[nH]c2cc(C(=O)N3CCCN(C(=O)c4ccccc4F)CC3)ccc21. The van der Waals surface area contributed by atoms with E-state index >= 15 is 0 Å². The lowest BCUT2D eigenvalue weighted by Gasteiger charge is -2.22. The van der Waals surface area contributed by atoms with Gasteiger partial charge in [-0.15, -0.1) is 0 Å². The first-order chi connectivity index (χ1) is 15.4. The lowest BCUT2D eigenvalue weighted by Crippen LogP contribution is -2.38. The van der Waals surface area contributed by atoms with Crippen LogP contribution in [0, 0.1) is 5.82 Å². The lowest BCUT2D eigenvalue weighted by molar-refractivity contribution is 0.0716. The van der Waals surface area contributed by atoms with Gasteiger partial charge >= 0.3 is 11.1 Å². The molecule has 2 aromatic carbocycles. The zero-order valence-electron chi connectivity index (χ0n) is 17.6. The van der Waals surface area contributed by atoms with Crippen LogP contribution in [0.4, 0.5) is 4.39 Å². The molecule has 1 N–H and O–H groups in total. The van der Waals surface area contributed by atoms with E-state index in [9.17, 15) is 23.6 Å². The minimum atomic E-state index is -0.735. The fraction of sp³-hybridized carbons (Fsp3) is 0.304. The molecule has 1 fully saturated rings. The summed E-state index contributed by atoms with van der Waals surface area (Å²) < 4.78 is 15.4.